The molecule has 3 rings (SSSR count). The van der Waals surface area contributed by atoms with Crippen LogP contribution in [0.1, 0.15) is 16.1 Å². The maximum absolute atomic E-state index is 12.2. The van der Waals surface area contributed by atoms with Crippen LogP contribution in [0.5, 0.6) is 0 Å². The number of ether oxygens (including phenoxy) is 1. The van der Waals surface area contributed by atoms with Crippen molar-refractivity contribution in [1.29, 1.82) is 0 Å². The molecule has 1 amide bonds. The smallest absolute Gasteiger partial charge is 0.359 e. The van der Waals surface area contributed by atoms with E-state index in [2.05, 4.69) is 10.3 Å². The molecule has 0 radical (unpaired) electrons. The van der Waals surface area contributed by atoms with E-state index in [9.17, 15) is 9.59 Å². The Morgan fingerprint density at radius 1 is 1.21 bits per heavy atom. The molecule has 0 aliphatic rings. The lowest BCUT2D eigenvalue weighted by atomic mass is 10.2. The number of fused-ring (bicyclic) bond motifs is 1. The first-order chi connectivity index (χ1) is 11.5. The minimum Gasteiger partial charge on any atom is -0.451 e. The quantitative estimate of drug-likeness (QED) is 0.739. The van der Waals surface area contributed by atoms with Crippen molar-refractivity contribution in [3.05, 3.63) is 65.1 Å². The maximum Gasteiger partial charge on any atom is 0.359 e. The summed E-state index contributed by atoms with van der Waals surface area (Å²) >= 11 is 5.99. The standard InChI is InChI=1S/C17H14ClN3O3/c1-11-5-7-12(8-6-11)19-14(22)10-24-17(23)15-16(18)20-13-4-2-3-9-21(13)15/h2-9H,10H2,1H3,(H,19,22). The molecule has 122 valence electrons. The molecular formula is C17H14ClN3O3. The Kier molecular flexibility index (Phi) is 4.48. The van der Waals surface area contributed by atoms with Crippen LogP contribution in [-0.2, 0) is 9.53 Å². The SMILES string of the molecule is Cc1ccc(NC(=O)COC(=O)c2c(Cl)nc3ccccn23)cc1. The van der Waals surface area contributed by atoms with Crippen molar-refractivity contribution in [2.75, 3.05) is 11.9 Å². The second kappa shape index (κ2) is 6.72. The molecule has 0 atom stereocenters. The molecule has 0 aliphatic heterocycles. The number of hydrogen-bond acceptors (Lipinski definition) is 4. The molecule has 2 aromatic heterocycles. The van der Waals surface area contributed by atoms with Crippen molar-refractivity contribution in [2.45, 2.75) is 6.92 Å². The molecular weight excluding hydrogens is 330 g/mol. The zero-order valence-electron chi connectivity index (χ0n) is 12.8. The third kappa shape index (κ3) is 3.38. The summed E-state index contributed by atoms with van der Waals surface area (Å²) in [6.07, 6.45) is 1.65. The van der Waals surface area contributed by atoms with Gasteiger partial charge in [-0.25, -0.2) is 9.78 Å². The number of esters is 1. The Hall–Kier alpha value is -2.86. The first-order valence-corrected chi connectivity index (χ1v) is 7.58. The van der Waals surface area contributed by atoms with Crippen molar-refractivity contribution in [3.8, 4) is 0 Å². The van der Waals surface area contributed by atoms with Crippen molar-refractivity contribution < 1.29 is 14.3 Å². The average molecular weight is 344 g/mol. The van der Waals surface area contributed by atoms with Crippen LogP contribution in [0.25, 0.3) is 5.65 Å². The van der Waals surface area contributed by atoms with E-state index in [1.165, 1.54) is 4.40 Å². The number of nitrogens with zero attached hydrogens (tertiary/aromatic N) is 2. The summed E-state index contributed by atoms with van der Waals surface area (Å²) in [6.45, 7) is 1.54. The molecule has 1 N–H and O–H groups in total. The molecule has 0 saturated heterocycles. The van der Waals surface area contributed by atoms with Crippen LogP contribution in [-0.4, -0.2) is 27.9 Å². The van der Waals surface area contributed by atoms with E-state index < -0.39 is 18.5 Å². The van der Waals surface area contributed by atoms with E-state index in [0.29, 0.717) is 11.3 Å². The fourth-order valence-corrected chi connectivity index (χ4v) is 2.44. The summed E-state index contributed by atoms with van der Waals surface area (Å²) in [6, 6.07) is 12.5. The lowest BCUT2D eigenvalue weighted by molar-refractivity contribution is -0.119. The van der Waals surface area contributed by atoms with Gasteiger partial charge in [0.2, 0.25) is 0 Å². The van der Waals surface area contributed by atoms with Gasteiger partial charge in [0.05, 0.1) is 0 Å². The monoisotopic (exact) mass is 343 g/mol. The fourth-order valence-electron chi connectivity index (χ4n) is 2.18. The highest BCUT2D eigenvalue weighted by Gasteiger charge is 2.20. The number of carbonyl (C=O) groups excluding carboxylic acids is 2. The number of pyridine rings is 1. The molecule has 6 nitrogen and oxygen atoms in total. The summed E-state index contributed by atoms with van der Waals surface area (Å²) in [4.78, 5) is 28.1. The Morgan fingerprint density at radius 3 is 2.71 bits per heavy atom. The van der Waals surface area contributed by atoms with Gasteiger partial charge < -0.3 is 10.1 Å². The number of carbonyl (C=O) groups is 2. The van der Waals surface area contributed by atoms with Crippen molar-refractivity contribution >= 4 is 34.8 Å². The zero-order chi connectivity index (χ0) is 17.1. The summed E-state index contributed by atoms with van der Waals surface area (Å²) in [5, 5.41) is 2.68. The van der Waals surface area contributed by atoms with Gasteiger partial charge >= 0.3 is 5.97 Å². The number of hydrogen-bond donors (Lipinski definition) is 1. The van der Waals surface area contributed by atoms with E-state index in [0.717, 1.165) is 5.56 Å². The number of amides is 1. The van der Waals surface area contributed by atoms with E-state index >= 15 is 0 Å². The lowest BCUT2D eigenvalue weighted by Crippen LogP contribution is -2.21. The predicted octanol–water partition coefficient (Wildman–Crippen LogP) is 3.09. The van der Waals surface area contributed by atoms with Gasteiger partial charge in [-0.15, -0.1) is 0 Å². The minimum absolute atomic E-state index is 0.0325. The van der Waals surface area contributed by atoms with Crippen LogP contribution in [0.3, 0.4) is 0 Å². The summed E-state index contributed by atoms with van der Waals surface area (Å²) < 4.78 is 6.55. The maximum atomic E-state index is 12.2. The number of aromatic nitrogens is 2. The Morgan fingerprint density at radius 2 is 1.96 bits per heavy atom. The van der Waals surface area contributed by atoms with Gasteiger partial charge in [0, 0.05) is 11.9 Å². The van der Waals surface area contributed by atoms with Crippen LogP contribution < -0.4 is 5.32 Å². The molecule has 0 aliphatic carbocycles. The van der Waals surface area contributed by atoms with Gasteiger partial charge in [0.15, 0.2) is 17.5 Å². The number of halogens is 1. The van der Waals surface area contributed by atoms with Crippen molar-refractivity contribution in [3.63, 3.8) is 0 Å². The first kappa shape index (κ1) is 16.0. The molecule has 0 spiro atoms. The van der Waals surface area contributed by atoms with Crippen LogP contribution in [0.15, 0.2) is 48.7 Å². The summed E-state index contributed by atoms with van der Waals surface area (Å²) in [5.74, 6) is -1.14. The Bertz CT molecular complexity index is 903. The minimum atomic E-state index is -0.710. The number of nitrogens with one attached hydrogen (secondary N) is 1. The lowest BCUT2D eigenvalue weighted by Gasteiger charge is -2.07. The molecule has 7 heteroatoms. The molecule has 0 saturated carbocycles. The summed E-state index contributed by atoms with van der Waals surface area (Å²) in [5.41, 5.74) is 2.34. The third-order valence-corrected chi connectivity index (χ3v) is 3.61. The van der Waals surface area contributed by atoms with Crippen LogP contribution in [0, 0.1) is 6.92 Å². The third-order valence-electron chi connectivity index (χ3n) is 3.35. The highest BCUT2D eigenvalue weighted by atomic mass is 35.5. The van der Waals surface area contributed by atoms with Gasteiger partial charge in [0.1, 0.15) is 5.65 Å². The van der Waals surface area contributed by atoms with Crippen molar-refractivity contribution in [1.82, 2.24) is 9.38 Å². The molecule has 3 aromatic rings. The molecule has 1 aromatic carbocycles. The highest BCUT2D eigenvalue weighted by Crippen LogP contribution is 2.18. The molecule has 0 fully saturated rings. The van der Waals surface area contributed by atoms with Crippen LogP contribution in [0.4, 0.5) is 5.69 Å². The second-order valence-electron chi connectivity index (χ2n) is 5.17. The van der Waals surface area contributed by atoms with Gasteiger partial charge in [-0.2, -0.15) is 0 Å². The van der Waals surface area contributed by atoms with E-state index in [1.807, 2.05) is 19.1 Å². The Balaban J connectivity index is 1.65. The van der Waals surface area contributed by atoms with E-state index in [4.69, 9.17) is 16.3 Å². The second-order valence-corrected chi connectivity index (χ2v) is 5.53. The van der Waals surface area contributed by atoms with Crippen LogP contribution >= 0.6 is 11.6 Å². The molecule has 0 unspecified atom stereocenters. The largest absolute Gasteiger partial charge is 0.451 e. The van der Waals surface area contributed by atoms with Gasteiger partial charge in [-0.3, -0.25) is 9.20 Å². The van der Waals surface area contributed by atoms with Crippen LogP contribution in [0.2, 0.25) is 5.15 Å². The normalized spacial score (nSPS) is 10.6. The summed E-state index contributed by atoms with van der Waals surface area (Å²) in [7, 11) is 0. The Labute approximate surface area is 143 Å². The number of rotatable bonds is 4. The molecule has 0 bridgehead atoms. The number of aryl methyl sites for hydroxylation is 1. The average Bonchev–Trinajstić information content (AvgIpc) is 2.90. The van der Waals surface area contributed by atoms with Crippen molar-refractivity contribution in [2.24, 2.45) is 0 Å². The number of imidazole rings is 1. The van der Waals surface area contributed by atoms with Gasteiger partial charge in [0.25, 0.3) is 5.91 Å². The zero-order valence-corrected chi connectivity index (χ0v) is 13.6. The topological polar surface area (TPSA) is 72.7 Å². The highest BCUT2D eigenvalue weighted by molar-refractivity contribution is 6.32. The molecule has 2 heterocycles. The molecule has 24 heavy (non-hydrogen) atoms. The predicted molar refractivity (Wildman–Crippen MR) is 90.3 cm³/mol. The van der Waals surface area contributed by atoms with E-state index in [1.54, 1.807) is 36.5 Å². The van der Waals surface area contributed by atoms with Gasteiger partial charge in [-0.05, 0) is 31.2 Å². The van der Waals surface area contributed by atoms with Gasteiger partial charge in [-0.1, -0.05) is 35.4 Å². The van der Waals surface area contributed by atoms with E-state index in [-0.39, 0.29) is 10.8 Å². The fraction of sp³-hybridized carbons (Fsp3) is 0.118. The number of anilines is 1. The first-order valence-electron chi connectivity index (χ1n) is 7.21. The number of benzene rings is 1.